The Kier molecular flexibility index (Phi) is 6.54. The van der Waals surface area contributed by atoms with Gasteiger partial charge in [-0.2, -0.15) is 0 Å². The predicted octanol–water partition coefficient (Wildman–Crippen LogP) is 1.40. The summed E-state index contributed by atoms with van der Waals surface area (Å²) >= 11 is 0. The van der Waals surface area contributed by atoms with Crippen LogP contribution in [0.5, 0.6) is 0 Å². The van der Waals surface area contributed by atoms with Gasteiger partial charge in [-0.3, -0.25) is 9.89 Å². The third-order valence-corrected chi connectivity index (χ3v) is 3.64. The molecule has 100 valence electrons. The van der Waals surface area contributed by atoms with Crippen molar-refractivity contribution in [3.63, 3.8) is 0 Å². The standard InChI is InChI=1S/C12H24N4.HI/c1-2-16-7-3-4-11(16)9-15-12(13)14-8-10-5-6-10;/h10-11H,2-9H2,1H3,(H3,13,14,15);1H. The second-order valence-electron chi connectivity index (χ2n) is 4.97. The number of likely N-dealkylation sites (N-methyl/N-ethyl adjacent to an activating group) is 1. The highest BCUT2D eigenvalue weighted by Gasteiger charge is 2.23. The highest BCUT2D eigenvalue weighted by molar-refractivity contribution is 14.0. The number of nitrogens with one attached hydrogen (secondary N) is 1. The molecule has 0 amide bonds. The molecule has 5 heteroatoms. The molecule has 2 fully saturated rings. The maximum atomic E-state index is 5.84. The van der Waals surface area contributed by atoms with E-state index < -0.39 is 0 Å². The number of rotatable bonds is 5. The van der Waals surface area contributed by atoms with Crippen LogP contribution >= 0.6 is 24.0 Å². The van der Waals surface area contributed by atoms with Crippen LogP contribution < -0.4 is 11.1 Å². The average molecular weight is 352 g/mol. The minimum Gasteiger partial charge on any atom is -0.370 e. The Labute approximate surface area is 121 Å². The van der Waals surface area contributed by atoms with Gasteiger partial charge in [0.15, 0.2) is 5.96 Å². The number of likely N-dealkylation sites (tertiary alicyclic amines) is 1. The number of nitrogens with two attached hydrogens (primary N) is 1. The number of nitrogens with zero attached hydrogens (tertiary/aromatic N) is 2. The van der Waals surface area contributed by atoms with E-state index in [1.165, 1.54) is 32.2 Å². The lowest BCUT2D eigenvalue weighted by atomic mass is 10.2. The smallest absolute Gasteiger partial charge is 0.188 e. The van der Waals surface area contributed by atoms with Crippen LogP contribution in [0, 0.1) is 5.92 Å². The Morgan fingerprint density at radius 2 is 2.18 bits per heavy atom. The van der Waals surface area contributed by atoms with Gasteiger partial charge in [0, 0.05) is 19.1 Å². The van der Waals surface area contributed by atoms with Crippen molar-refractivity contribution in [3.05, 3.63) is 0 Å². The van der Waals surface area contributed by atoms with Crippen LogP contribution in [0.25, 0.3) is 0 Å². The topological polar surface area (TPSA) is 53.6 Å². The summed E-state index contributed by atoms with van der Waals surface area (Å²) in [5.41, 5.74) is 5.84. The maximum Gasteiger partial charge on any atom is 0.188 e. The fraction of sp³-hybridized carbons (Fsp3) is 0.917. The summed E-state index contributed by atoms with van der Waals surface area (Å²) in [6.45, 7) is 6.48. The van der Waals surface area contributed by atoms with Gasteiger partial charge in [-0.25, -0.2) is 0 Å². The summed E-state index contributed by atoms with van der Waals surface area (Å²) in [7, 11) is 0. The molecule has 17 heavy (non-hydrogen) atoms. The molecule has 1 aliphatic heterocycles. The number of guanidine groups is 1. The lowest BCUT2D eigenvalue weighted by molar-refractivity contribution is 0.267. The minimum atomic E-state index is 0. The van der Waals surface area contributed by atoms with Gasteiger partial charge in [-0.05, 0) is 44.7 Å². The van der Waals surface area contributed by atoms with Crippen molar-refractivity contribution in [3.8, 4) is 0 Å². The van der Waals surface area contributed by atoms with Crippen LogP contribution in [-0.4, -0.2) is 43.1 Å². The molecule has 1 saturated heterocycles. The van der Waals surface area contributed by atoms with Crippen molar-refractivity contribution in [2.45, 2.75) is 38.6 Å². The van der Waals surface area contributed by atoms with Crippen LogP contribution in [-0.2, 0) is 0 Å². The lowest BCUT2D eigenvalue weighted by Gasteiger charge is -2.23. The van der Waals surface area contributed by atoms with Gasteiger partial charge in [-0.1, -0.05) is 6.92 Å². The molecule has 1 unspecified atom stereocenters. The molecule has 1 aliphatic carbocycles. The van der Waals surface area contributed by atoms with E-state index in [1.54, 1.807) is 0 Å². The first-order valence-electron chi connectivity index (χ1n) is 6.57. The third-order valence-electron chi connectivity index (χ3n) is 3.64. The molecule has 2 aliphatic rings. The Balaban J connectivity index is 0.00000144. The highest BCUT2D eigenvalue weighted by Crippen LogP contribution is 2.28. The van der Waals surface area contributed by atoms with Gasteiger partial charge < -0.3 is 11.1 Å². The van der Waals surface area contributed by atoms with E-state index in [9.17, 15) is 0 Å². The minimum absolute atomic E-state index is 0. The Bertz CT molecular complexity index is 253. The van der Waals surface area contributed by atoms with E-state index in [4.69, 9.17) is 5.73 Å². The summed E-state index contributed by atoms with van der Waals surface area (Å²) in [5, 5.41) is 3.26. The molecule has 1 atom stereocenters. The lowest BCUT2D eigenvalue weighted by Crippen LogP contribution is -2.42. The number of hydrogen-bond acceptors (Lipinski definition) is 2. The molecule has 1 saturated carbocycles. The number of hydrogen-bond donors (Lipinski definition) is 2. The van der Waals surface area contributed by atoms with Gasteiger partial charge in [0.25, 0.3) is 0 Å². The predicted molar refractivity (Wildman–Crippen MR) is 82.9 cm³/mol. The first-order valence-corrected chi connectivity index (χ1v) is 6.57. The van der Waals surface area contributed by atoms with Gasteiger partial charge in [0.1, 0.15) is 0 Å². The van der Waals surface area contributed by atoms with E-state index in [1.807, 2.05) is 0 Å². The zero-order valence-electron chi connectivity index (χ0n) is 10.7. The quantitative estimate of drug-likeness (QED) is 0.447. The van der Waals surface area contributed by atoms with E-state index in [0.29, 0.717) is 12.0 Å². The third kappa shape index (κ3) is 4.99. The Morgan fingerprint density at radius 1 is 1.41 bits per heavy atom. The van der Waals surface area contributed by atoms with E-state index in [0.717, 1.165) is 25.6 Å². The molecule has 3 N–H and O–H groups in total. The Morgan fingerprint density at radius 3 is 2.82 bits per heavy atom. The van der Waals surface area contributed by atoms with Crippen molar-refractivity contribution in [1.82, 2.24) is 10.2 Å². The molecular formula is C12H25IN4. The fourth-order valence-electron chi connectivity index (χ4n) is 2.35. The second-order valence-corrected chi connectivity index (χ2v) is 4.97. The van der Waals surface area contributed by atoms with Gasteiger partial charge in [0.05, 0.1) is 0 Å². The van der Waals surface area contributed by atoms with E-state index in [2.05, 4.69) is 22.1 Å². The van der Waals surface area contributed by atoms with E-state index in [-0.39, 0.29) is 24.0 Å². The fourth-order valence-corrected chi connectivity index (χ4v) is 2.35. The van der Waals surface area contributed by atoms with Crippen LogP contribution in [0.3, 0.4) is 0 Å². The zero-order valence-corrected chi connectivity index (χ0v) is 13.0. The first-order chi connectivity index (χ1) is 7.79. The monoisotopic (exact) mass is 352 g/mol. The van der Waals surface area contributed by atoms with Crippen LogP contribution in [0.2, 0.25) is 0 Å². The van der Waals surface area contributed by atoms with Crippen molar-refractivity contribution in [1.29, 1.82) is 0 Å². The Hall–Kier alpha value is -0.0400. The van der Waals surface area contributed by atoms with Crippen LogP contribution in [0.4, 0.5) is 0 Å². The second kappa shape index (κ2) is 7.41. The summed E-state index contributed by atoms with van der Waals surface area (Å²) in [5.74, 6) is 1.45. The molecule has 1 heterocycles. The van der Waals surface area contributed by atoms with Gasteiger partial charge in [-0.15, -0.1) is 24.0 Å². The largest absolute Gasteiger partial charge is 0.370 e. The molecule has 2 rings (SSSR count). The van der Waals surface area contributed by atoms with Crippen molar-refractivity contribution >= 4 is 29.9 Å². The number of aliphatic imine (C=N–C) groups is 1. The summed E-state index contributed by atoms with van der Waals surface area (Å²) in [6, 6.07) is 0.652. The summed E-state index contributed by atoms with van der Waals surface area (Å²) in [4.78, 5) is 6.88. The molecule has 0 bridgehead atoms. The molecule has 0 aromatic rings. The molecular weight excluding hydrogens is 327 g/mol. The van der Waals surface area contributed by atoms with Gasteiger partial charge >= 0.3 is 0 Å². The van der Waals surface area contributed by atoms with Gasteiger partial charge in [0.2, 0.25) is 0 Å². The molecule has 0 aromatic heterocycles. The highest BCUT2D eigenvalue weighted by atomic mass is 127. The summed E-state index contributed by atoms with van der Waals surface area (Å²) in [6.07, 6.45) is 5.28. The normalized spacial score (nSPS) is 25.7. The average Bonchev–Trinajstić information content (AvgIpc) is 3.01. The maximum absolute atomic E-state index is 5.84. The van der Waals surface area contributed by atoms with Crippen molar-refractivity contribution < 1.29 is 0 Å². The van der Waals surface area contributed by atoms with E-state index >= 15 is 0 Å². The van der Waals surface area contributed by atoms with Crippen LogP contribution in [0.15, 0.2) is 4.99 Å². The SMILES string of the molecule is CCN1CCCC1CNC(N)=NCC1CC1.I. The first kappa shape index (κ1) is 15.0. The molecule has 0 radical (unpaired) electrons. The number of halogens is 1. The summed E-state index contributed by atoms with van der Waals surface area (Å²) < 4.78 is 0. The zero-order chi connectivity index (χ0) is 11.4. The molecule has 0 aromatic carbocycles. The van der Waals surface area contributed by atoms with Crippen LogP contribution in [0.1, 0.15) is 32.6 Å². The van der Waals surface area contributed by atoms with Crippen molar-refractivity contribution in [2.75, 3.05) is 26.2 Å². The van der Waals surface area contributed by atoms with Crippen molar-refractivity contribution in [2.24, 2.45) is 16.6 Å². The molecule has 4 nitrogen and oxygen atoms in total. The molecule has 0 spiro atoms.